The second-order valence-electron chi connectivity index (χ2n) is 6.02. The van der Waals surface area contributed by atoms with Gasteiger partial charge in [0, 0.05) is 37.8 Å². The summed E-state index contributed by atoms with van der Waals surface area (Å²) in [6.07, 6.45) is 0. The summed E-state index contributed by atoms with van der Waals surface area (Å²) in [6, 6.07) is 4.31. The third kappa shape index (κ3) is 3.01. The van der Waals surface area contributed by atoms with Gasteiger partial charge < -0.3 is 4.90 Å². The van der Waals surface area contributed by atoms with Crippen LogP contribution < -0.4 is 0 Å². The fraction of sp³-hybridized carbons (Fsp3) is 0.533. The molecule has 1 atom stereocenters. The van der Waals surface area contributed by atoms with Gasteiger partial charge in [-0.25, -0.2) is 12.8 Å². The number of fused-ring (bicyclic) bond motifs is 1. The topological polar surface area (TPSA) is 57.7 Å². The van der Waals surface area contributed by atoms with Crippen molar-refractivity contribution >= 4 is 15.7 Å². The SMILES string of the molecule is Cc1ccc(C(=O)N2CCN3CCS(=O)(=O)CC3C2)cc1F. The largest absolute Gasteiger partial charge is 0.336 e. The third-order valence-electron chi connectivity index (χ3n) is 4.45. The van der Waals surface area contributed by atoms with Crippen molar-refractivity contribution < 1.29 is 17.6 Å². The van der Waals surface area contributed by atoms with E-state index in [1.807, 2.05) is 0 Å². The first-order chi connectivity index (χ1) is 10.4. The van der Waals surface area contributed by atoms with E-state index in [1.54, 1.807) is 24.0 Å². The van der Waals surface area contributed by atoms with E-state index >= 15 is 0 Å². The molecule has 7 heteroatoms. The average Bonchev–Trinajstić information content (AvgIpc) is 2.47. The number of sulfone groups is 1. The summed E-state index contributed by atoms with van der Waals surface area (Å²) in [5.41, 5.74) is 0.815. The van der Waals surface area contributed by atoms with Crippen molar-refractivity contribution in [1.29, 1.82) is 0 Å². The monoisotopic (exact) mass is 326 g/mol. The molecule has 1 amide bonds. The predicted octanol–water partition coefficient (Wildman–Crippen LogP) is 0.689. The van der Waals surface area contributed by atoms with E-state index in [9.17, 15) is 17.6 Å². The molecule has 5 nitrogen and oxygen atoms in total. The van der Waals surface area contributed by atoms with E-state index in [2.05, 4.69) is 4.90 Å². The third-order valence-corrected chi connectivity index (χ3v) is 6.14. The Hall–Kier alpha value is -1.47. The molecule has 120 valence electrons. The Balaban J connectivity index is 1.75. The fourth-order valence-electron chi connectivity index (χ4n) is 3.07. The summed E-state index contributed by atoms with van der Waals surface area (Å²) < 4.78 is 37.1. The maximum absolute atomic E-state index is 13.6. The number of aryl methyl sites for hydroxylation is 1. The number of nitrogens with zero attached hydrogens (tertiary/aromatic N) is 2. The number of carbonyl (C=O) groups excluding carboxylic acids is 1. The van der Waals surface area contributed by atoms with Crippen LogP contribution in [0.5, 0.6) is 0 Å². The zero-order valence-corrected chi connectivity index (χ0v) is 13.3. The van der Waals surface area contributed by atoms with Crippen molar-refractivity contribution in [1.82, 2.24) is 9.80 Å². The van der Waals surface area contributed by atoms with Crippen LogP contribution in [-0.4, -0.2) is 67.9 Å². The molecule has 0 aromatic heterocycles. The molecule has 0 spiro atoms. The van der Waals surface area contributed by atoms with E-state index < -0.39 is 15.7 Å². The predicted molar refractivity (Wildman–Crippen MR) is 81.1 cm³/mol. The number of rotatable bonds is 1. The average molecular weight is 326 g/mol. The van der Waals surface area contributed by atoms with Crippen molar-refractivity contribution in [2.24, 2.45) is 0 Å². The van der Waals surface area contributed by atoms with Crippen molar-refractivity contribution in [2.45, 2.75) is 13.0 Å². The summed E-state index contributed by atoms with van der Waals surface area (Å²) in [6.45, 7) is 3.78. The van der Waals surface area contributed by atoms with Crippen LogP contribution in [0.3, 0.4) is 0 Å². The lowest BCUT2D eigenvalue weighted by Crippen LogP contribution is -2.60. The van der Waals surface area contributed by atoms with E-state index in [1.165, 1.54) is 6.07 Å². The Morgan fingerprint density at radius 2 is 2.05 bits per heavy atom. The molecule has 1 unspecified atom stereocenters. The molecule has 2 heterocycles. The summed E-state index contributed by atoms with van der Waals surface area (Å²) in [5.74, 6) is -0.342. The smallest absolute Gasteiger partial charge is 0.254 e. The zero-order valence-electron chi connectivity index (χ0n) is 12.5. The van der Waals surface area contributed by atoms with Crippen LogP contribution in [0.25, 0.3) is 0 Å². The van der Waals surface area contributed by atoms with Gasteiger partial charge in [-0.1, -0.05) is 6.07 Å². The molecule has 1 aromatic rings. The van der Waals surface area contributed by atoms with E-state index in [4.69, 9.17) is 0 Å². The van der Waals surface area contributed by atoms with Crippen molar-refractivity contribution in [3.05, 3.63) is 35.1 Å². The molecule has 0 aliphatic carbocycles. The fourth-order valence-corrected chi connectivity index (χ4v) is 4.65. The van der Waals surface area contributed by atoms with Crippen LogP contribution >= 0.6 is 0 Å². The molecule has 22 heavy (non-hydrogen) atoms. The van der Waals surface area contributed by atoms with Gasteiger partial charge in [0.1, 0.15) is 5.82 Å². The maximum atomic E-state index is 13.6. The van der Waals surface area contributed by atoms with Gasteiger partial charge in [-0.05, 0) is 24.6 Å². The maximum Gasteiger partial charge on any atom is 0.254 e. The van der Waals surface area contributed by atoms with Crippen LogP contribution in [0.15, 0.2) is 18.2 Å². The highest BCUT2D eigenvalue weighted by Gasteiger charge is 2.36. The molecule has 2 saturated heterocycles. The molecular weight excluding hydrogens is 307 g/mol. The second kappa shape index (κ2) is 5.62. The standard InChI is InChI=1S/C15H19FN2O3S/c1-11-2-3-12(8-14(11)16)15(19)18-5-4-17-6-7-22(20,21)10-13(17)9-18/h2-3,8,13H,4-7,9-10H2,1H3. The van der Waals surface area contributed by atoms with Crippen LogP contribution in [0.2, 0.25) is 0 Å². The highest BCUT2D eigenvalue weighted by atomic mass is 32.2. The Morgan fingerprint density at radius 1 is 1.27 bits per heavy atom. The number of benzene rings is 1. The normalized spacial score (nSPS) is 24.8. The highest BCUT2D eigenvalue weighted by molar-refractivity contribution is 7.91. The molecule has 2 fully saturated rings. The number of carbonyl (C=O) groups is 1. The van der Waals surface area contributed by atoms with Crippen molar-refractivity contribution in [3.8, 4) is 0 Å². The molecular formula is C15H19FN2O3S. The summed E-state index contributed by atoms with van der Waals surface area (Å²) in [5, 5.41) is 0. The van der Waals surface area contributed by atoms with Crippen LogP contribution in [0, 0.1) is 12.7 Å². The summed E-state index contributed by atoms with van der Waals surface area (Å²) in [7, 11) is -3.02. The molecule has 1 aromatic carbocycles. The van der Waals surface area contributed by atoms with E-state index in [-0.39, 0.29) is 23.5 Å². The Bertz CT molecular complexity index is 705. The minimum absolute atomic E-state index is 0.0963. The van der Waals surface area contributed by atoms with Gasteiger partial charge in [-0.15, -0.1) is 0 Å². The zero-order chi connectivity index (χ0) is 15.9. The van der Waals surface area contributed by atoms with Crippen molar-refractivity contribution in [3.63, 3.8) is 0 Å². The van der Waals surface area contributed by atoms with E-state index in [0.717, 1.165) is 0 Å². The van der Waals surface area contributed by atoms with Crippen molar-refractivity contribution in [2.75, 3.05) is 37.7 Å². The number of hydrogen-bond acceptors (Lipinski definition) is 4. The minimum Gasteiger partial charge on any atom is -0.336 e. The number of amides is 1. The molecule has 2 aliphatic heterocycles. The Labute approximate surface area is 129 Å². The minimum atomic E-state index is -3.02. The first-order valence-corrected chi connectivity index (χ1v) is 9.18. The highest BCUT2D eigenvalue weighted by Crippen LogP contribution is 2.19. The summed E-state index contributed by atoms with van der Waals surface area (Å²) >= 11 is 0. The van der Waals surface area contributed by atoms with Gasteiger partial charge in [0.25, 0.3) is 5.91 Å². The van der Waals surface area contributed by atoms with Gasteiger partial charge >= 0.3 is 0 Å². The van der Waals surface area contributed by atoms with Crippen LogP contribution in [-0.2, 0) is 9.84 Å². The number of halogens is 1. The molecule has 0 saturated carbocycles. The first kappa shape index (κ1) is 15.4. The lowest BCUT2D eigenvalue weighted by molar-refractivity contribution is 0.0520. The second-order valence-corrected chi connectivity index (χ2v) is 8.25. The van der Waals surface area contributed by atoms with Gasteiger partial charge in [0.15, 0.2) is 9.84 Å². The van der Waals surface area contributed by atoms with Gasteiger partial charge in [0.05, 0.1) is 11.5 Å². The van der Waals surface area contributed by atoms with Gasteiger partial charge in [-0.3, -0.25) is 9.69 Å². The number of piperazine rings is 1. The number of hydrogen-bond donors (Lipinski definition) is 0. The molecule has 2 aliphatic rings. The van der Waals surface area contributed by atoms with Gasteiger partial charge in [-0.2, -0.15) is 0 Å². The Kier molecular flexibility index (Phi) is 3.94. The van der Waals surface area contributed by atoms with Crippen LogP contribution in [0.1, 0.15) is 15.9 Å². The first-order valence-electron chi connectivity index (χ1n) is 7.36. The quantitative estimate of drug-likeness (QED) is 0.762. The van der Waals surface area contributed by atoms with Crippen LogP contribution in [0.4, 0.5) is 4.39 Å². The van der Waals surface area contributed by atoms with E-state index in [0.29, 0.717) is 37.3 Å². The molecule has 0 N–H and O–H groups in total. The lowest BCUT2D eigenvalue weighted by Gasteiger charge is -2.43. The lowest BCUT2D eigenvalue weighted by atomic mass is 10.1. The Morgan fingerprint density at radius 3 is 2.77 bits per heavy atom. The summed E-state index contributed by atoms with van der Waals surface area (Å²) in [4.78, 5) is 16.2. The molecule has 0 radical (unpaired) electrons. The van der Waals surface area contributed by atoms with Gasteiger partial charge in [0.2, 0.25) is 0 Å². The molecule has 3 rings (SSSR count). The molecule has 0 bridgehead atoms.